The summed E-state index contributed by atoms with van der Waals surface area (Å²) in [5.74, 6) is 1.67. The van der Waals surface area contributed by atoms with E-state index in [0.717, 1.165) is 18.1 Å². The summed E-state index contributed by atoms with van der Waals surface area (Å²) < 4.78 is 124. The summed E-state index contributed by atoms with van der Waals surface area (Å²) in [6.45, 7) is 21.9. The van der Waals surface area contributed by atoms with Crippen LogP contribution in [0.1, 0.15) is 45.1 Å². The van der Waals surface area contributed by atoms with E-state index in [2.05, 4.69) is 30.5 Å². The van der Waals surface area contributed by atoms with Crippen LogP contribution in [-0.2, 0) is 106 Å². The zero-order valence-corrected chi connectivity index (χ0v) is 54.8. The second-order valence-electron chi connectivity index (χ2n) is 17.4. The maximum absolute atomic E-state index is 10.3. The SMILES string of the molecule is CC(C)CCCCCc1ccc(OCCOCCOCCOCCOCCOCCOCCOCCOCCOCCOCCOCCOCCOCCOCCOCCOCCOCCOCCOCCOP(=O)([O-])[O-])cc1.[Na+].[Na+]. The number of rotatable bonds is 68. The predicted molar refractivity (Wildman–Crippen MR) is 288 cm³/mol. The van der Waals surface area contributed by atoms with E-state index in [-0.39, 0.29) is 78.9 Å². The van der Waals surface area contributed by atoms with Gasteiger partial charge in [0.15, 0.2) is 0 Å². The molecule has 0 saturated carbocycles. The molecule has 1 rings (SSSR count). The van der Waals surface area contributed by atoms with Crippen molar-refractivity contribution in [1.29, 1.82) is 0 Å². The van der Waals surface area contributed by atoms with Gasteiger partial charge in [0.1, 0.15) is 12.4 Å². The number of hydrogen-bond acceptors (Lipinski definition) is 24. The number of phosphoric acid groups is 1. The summed E-state index contributed by atoms with van der Waals surface area (Å²) in [5.41, 5.74) is 1.36. The Bertz CT molecular complexity index is 1380. The van der Waals surface area contributed by atoms with Crippen LogP contribution in [0.25, 0.3) is 0 Å². The van der Waals surface area contributed by atoms with Gasteiger partial charge >= 0.3 is 59.1 Å². The summed E-state index contributed by atoms with van der Waals surface area (Å²) >= 11 is 0. The quantitative estimate of drug-likeness (QED) is 0.0358. The van der Waals surface area contributed by atoms with Crippen molar-refractivity contribution in [3.05, 3.63) is 29.8 Å². The minimum Gasteiger partial charge on any atom is -0.790 e. The van der Waals surface area contributed by atoms with E-state index in [1.54, 1.807) is 0 Å². The molecule has 24 nitrogen and oxygen atoms in total. The number of phosphoric ester groups is 1. The van der Waals surface area contributed by atoms with Crippen LogP contribution in [-0.4, -0.2) is 264 Å². The van der Waals surface area contributed by atoms with Crippen molar-refractivity contribution in [2.24, 2.45) is 5.92 Å². The van der Waals surface area contributed by atoms with Gasteiger partial charge in [0, 0.05) is 0 Å². The third kappa shape index (κ3) is 71.0. The van der Waals surface area contributed by atoms with Crippen LogP contribution in [0, 0.1) is 5.92 Å². The molecule has 0 fully saturated rings. The molecule has 468 valence electrons. The van der Waals surface area contributed by atoms with E-state index in [4.69, 9.17) is 94.7 Å². The molecule has 0 N–H and O–H groups in total. The first-order valence-electron chi connectivity index (χ1n) is 28.2. The molecule has 0 bridgehead atoms. The zero-order chi connectivity index (χ0) is 56.7. The molecule has 0 radical (unpaired) electrons. The largest absolute Gasteiger partial charge is 1.00 e. The van der Waals surface area contributed by atoms with E-state index in [1.165, 1.54) is 31.2 Å². The van der Waals surface area contributed by atoms with Crippen molar-refractivity contribution in [3.63, 3.8) is 0 Å². The Labute approximate surface area is 528 Å². The standard InChI is InChI=1S/C54H103O24P.2Na/c1-52(2)6-4-3-5-7-53-8-10-54(11-9-53)77-50-48-75-46-44-73-42-40-71-38-36-69-34-32-67-30-28-65-26-24-63-22-20-61-18-16-59-14-12-58-13-15-60-17-19-62-21-23-64-25-27-66-29-31-68-33-35-70-37-39-72-41-43-74-45-47-76-49-51-78-79(55,56)57;;/h8-11,52H,3-7,12-51H2,1-2H3,(H2,55,56,57);;/q;2*+1/p-2. The van der Waals surface area contributed by atoms with Gasteiger partial charge in [-0.1, -0.05) is 45.2 Å². The van der Waals surface area contributed by atoms with Crippen LogP contribution in [0.3, 0.4) is 0 Å². The molecule has 1 aromatic rings. The fraction of sp³-hybridized carbons (Fsp3) is 0.889. The number of hydrogen-bond donors (Lipinski definition) is 0. The van der Waals surface area contributed by atoms with E-state index in [9.17, 15) is 14.4 Å². The maximum atomic E-state index is 10.3. The third-order valence-corrected chi connectivity index (χ3v) is 10.8. The maximum Gasteiger partial charge on any atom is 1.00 e. The van der Waals surface area contributed by atoms with Gasteiger partial charge in [-0.25, -0.2) is 0 Å². The first kappa shape index (κ1) is 83.4. The topological polar surface area (TPSA) is 257 Å². The molecule has 0 heterocycles. The van der Waals surface area contributed by atoms with Gasteiger partial charge in [-0.05, 0) is 36.5 Å². The van der Waals surface area contributed by atoms with E-state index in [0.29, 0.717) is 244 Å². The molecule has 0 amide bonds. The van der Waals surface area contributed by atoms with Crippen molar-refractivity contribution in [3.8, 4) is 5.75 Å². The third-order valence-electron chi connectivity index (χ3n) is 10.3. The molecule has 1 aromatic carbocycles. The predicted octanol–water partition coefficient (Wildman–Crippen LogP) is -3.01. The Balaban J connectivity index is 0. The average molecular weight is 1210 g/mol. The monoisotopic (exact) mass is 1210 g/mol. The molecule has 0 atom stereocenters. The van der Waals surface area contributed by atoms with Crippen molar-refractivity contribution < 1.29 is 173 Å². The number of benzene rings is 1. The molecule has 0 aliphatic carbocycles. The van der Waals surface area contributed by atoms with Crippen LogP contribution < -0.4 is 73.6 Å². The summed E-state index contributed by atoms with van der Waals surface area (Å²) in [5, 5.41) is 0. The van der Waals surface area contributed by atoms with Crippen LogP contribution in [0.4, 0.5) is 0 Å². The van der Waals surface area contributed by atoms with Crippen molar-refractivity contribution in [1.82, 2.24) is 0 Å². The van der Waals surface area contributed by atoms with Gasteiger partial charge in [0.25, 0.3) is 0 Å². The molecule has 0 spiro atoms. The molecule has 81 heavy (non-hydrogen) atoms. The first-order chi connectivity index (χ1) is 38.9. The molecule has 0 saturated heterocycles. The molecule has 0 aromatic heterocycles. The first-order valence-corrected chi connectivity index (χ1v) is 29.7. The number of aryl methyl sites for hydroxylation is 1. The second-order valence-corrected chi connectivity index (χ2v) is 18.6. The van der Waals surface area contributed by atoms with Gasteiger partial charge in [-0.15, -0.1) is 0 Å². The normalized spacial score (nSPS) is 11.7. The van der Waals surface area contributed by atoms with Crippen LogP contribution in [0.5, 0.6) is 5.75 Å². The van der Waals surface area contributed by atoms with E-state index < -0.39 is 7.82 Å². The van der Waals surface area contributed by atoms with Crippen molar-refractivity contribution >= 4 is 7.82 Å². The molecule has 27 heteroatoms. The Morgan fingerprint density at radius 2 is 0.519 bits per heavy atom. The van der Waals surface area contributed by atoms with Gasteiger partial charge in [0.2, 0.25) is 0 Å². The van der Waals surface area contributed by atoms with Gasteiger partial charge in [-0.3, -0.25) is 0 Å². The van der Waals surface area contributed by atoms with Crippen LogP contribution in [0.2, 0.25) is 0 Å². The Kier molecular flexibility index (Phi) is 71.6. The van der Waals surface area contributed by atoms with E-state index >= 15 is 0 Å². The Hall–Kier alpha value is 0.370. The fourth-order valence-corrected chi connectivity index (χ4v) is 6.60. The molecular formula is C54H101Na2O24P. The Morgan fingerprint density at radius 3 is 0.728 bits per heavy atom. The minimum atomic E-state index is -4.95. The smallest absolute Gasteiger partial charge is 0.790 e. The average Bonchev–Trinajstić information content (AvgIpc) is 3.43. The summed E-state index contributed by atoms with van der Waals surface area (Å²) in [7, 11) is -4.95. The number of ether oxygens (including phenoxy) is 20. The zero-order valence-electron chi connectivity index (χ0n) is 50.0. The molecule has 0 aliphatic heterocycles. The summed E-state index contributed by atoms with van der Waals surface area (Å²) in [6.07, 6.45) is 6.29. The van der Waals surface area contributed by atoms with Crippen molar-refractivity contribution in [2.45, 2.75) is 46.0 Å². The fourth-order valence-electron chi connectivity index (χ4n) is 6.30. The molecule has 0 unspecified atom stereocenters. The summed E-state index contributed by atoms with van der Waals surface area (Å²) in [6, 6.07) is 8.40. The van der Waals surface area contributed by atoms with Gasteiger partial charge in [-0.2, -0.15) is 0 Å². The van der Waals surface area contributed by atoms with E-state index in [1.807, 2.05) is 12.1 Å². The second kappa shape index (κ2) is 69.5. The Morgan fingerprint density at radius 1 is 0.309 bits per heavy atom. The number of unbranched alkanes of at least 4 members (excludes halogenated alkanes) is 2. The summed E-state index contributed by atoms with van der Waals surface area (Å²) in [4.78, 5) is 20.6. The molecule has 0 aliphatic rings. The van der Waals surface area contributed by atoms with Crippen LogP contribution in [0.15, 0.2) is 24.3 Å². The van der Waals surface area contributed by atoms with Gasteiger partial charge in [0.05, 0.1) is 265 Å². The van der Waals surface area contributed by atoms with Gasteiger partial charge < -0.3 is 114 Å². The van der Waals surface area contributed by atoms with Crippen molar-refractivity contribution in [2.75, 3.05) is 264 Å². The molecular weight excluding hydrogens is 1110 g/mol. The minimum absolute atomic E-state index is 0. The van der Waals surface area contributed by atoms with Crippen LogP contribution >= 0.6 is 7.82 Å².